The number of amides is 2. The van der Waals surface area contributed by atoms with Crippen LogP contribution in [0.25, 0.3) is 0 Å². The number of nitro benzene ring substituents is 1. The normalized spacial score (nSPS) is 10.3. The lowest BCUT2D eigenvalue weighted by molar-refractivity contribution is -0.384. The molecule has 0 aliphatic heterocycles. The third-order valence-electron chi connectivity index (χ3n) is 3.43. The Morgan fingerprint density at radius 1 is 1.21 bits per heavy atom. The second-order valence-electron chi connectivity index (χ2n) is 5.03. The minimum absolute atomic E-state index is 0.0931. The van der Waals surface area contributed by atoms with E-state index in [0.29, 0.717) is 22.9 Å². The molecule has 0 fully saturated rings. The van der Waals surface area contributed by atoms with E-state index in [9.17, 15) is 14.9 Å². The van der Waals surface area contributed by atoms with Gasteiger partial charge in [0.25, 0.3) is 5.69 Å². The summed E-state index contributed by atoms with van der Waals surface area (Å²) in [6.07, 6.45) is 0. The van der Waals surface area contributed by atoms with E-state index in [-0.39, 0.29) is 10.7 Å². The van der Waals surface area contributed by atoms with Crippen LogP contribution in [0.2, 0.25) is 10.0 Å². The minimum atomic E-state index is -0.551. The van der Waals surface area contributed by atoms with Gasteiger partial charge in [-0.2, -0.15) is 0 Å². The van der Waals surface area contributed by atoms with E-state index in [1.165, 1.54) is 23.1 Å². The summed E-state index contributed by atoms with van der Waals surface area (Å²) in [7, 11) is 0. The van der Waals surface area contributed by atoms with Gasteiger partial charge in [-0.05, 0) is 37.6 Å². The molecule has 0 saturated carbocycles. The van der Waals surface area contributed by atoms with Gasteiger partial charge in [-0.1, -0.05) is 29.3 Å². The minimum Gasteiger partial charge on any atom is -0.306 e. The molecule has 2 rings (SSSR count). The van der Waals surface area contributed by atoms with Crippen LogP contribution in [-0.4, -0.2) is 17.5 Å². The Hall–Kier alpha value is -2.31. The molecule has 0 radical (unpaired) electrons. The zero-order valence-electron chi connectivity index (χ0n) is 13.0. The maximum atomic E-state index is 12.5. The zero-order chi connectivity index (χ0) is 17.9. The number of benzene rings is 2. The Balaban J connectivity index is 2.23. The number of aryl methyl sites for hydroxylation is 1. The summed E-state index contributed by atoms with van der Waals surface area (Å²) in [5, 5.41) is 14.0. The van der Waals surface area contributed by atoms with Crippen LogP contribution in [0.4, 0.5) is 21.9 Å². The molecule has 0 bridgehead atoms. The second-order valence-corrected chi connectivity index (χ2v) is 5.84. The quantitative estimate of drug-likeness (QED) is 0.590. The van der Waals surface area contributed by atoms with Gasteiger partial charge in [0.05, 0.1) is 15.6 Å². The molecule has 2 amide bonds. The Bertz CT molecular complexity index is 796. The van der Waals surface area contributed by atoms with Gasteiger partial charge in [-0.3, -0.25) is 15.0 Å². The molecule has 8 heteroatoms. The van der Waals surface area contributed by atoms with Crippen LogP contribution in [0.3, 0.4) is 0 Å². The van der Waals surface area contributed by atoms with Crippen LogP contribution >= 0.6 is 23.2 Å². The number of carbonyl (C=O) groups is 1. The number of nitro groups is 1. The molecule has 2 aromatic rings. The summed E-state index contributed by atoms with van der Waals surface area (Å²) in [6.45, 7) is 4.11. The first-order valence-corrected chi connectivity index (χ1v) is 7.87. The standard InChI is InChI=1S/C16H15Cl2N3O3/c1-3-20(11-5-4-10(2)13(17)8-11)16(22)19-15-7-6-12(21(23)24)9-14(15)18/h4-9H,3H2,1-2H3,(H,19,22). The first-order chi connectivity index (χ1) is 11.3. The lowest BCUT2D eigenvalue weighted by Crippen LogP contribution is -2.34. The van der Waals surface area contributed by atoms with Gasteiger partial charge in [0.1, 0.15) is 0 Å². The van der Waals surface area contributed by atoms with E-state index in [2.05, 4.69) is 5.32 Å². The Kier molecular flexibility index (Phi) is 5.64. The number of non-ortho nitro benzene ring substituents is 1. The predicted octanol–water partition coefficient (Wildman–Crippen LogP) is 5.27. The maximum absolute atomic E-state index is 12.5. The van der Waals surface area contributed by atoms with Crippen molar-refractivity contribution in [2.24, 2.45) is 0 Å². The Morgan fingerprint density at radius 3 is 2.46 bits per heavy atom. The maximum Gasteiger partial charge on any atom is 0.326 e. The Labute approximate surface area is 149 Å². The van der Waals surface area contributed by atoms with Crippen molar-refractivity contribution in [1.82, 2.24) is 0 Å². The van der Waals surface area contributed by atoms with Crippen LogP contribution in [0.15, 0.2) is 36.4 Å². The van der Waals surface area contributed by atoms with E-state index < -0.39 is 11.0 Å². The third-order valence-corrected chi connectivity index (χ3v) is 4.15. The summed E-state index contributed by atoms with van der Waals surface area (Å²) in [6, 6.07) is 8.78. The van der Waals surface area contributed by atoms with Gasteiger partial charge in [0.2, 0.25) is 0 Å². The van der Waals surface area contributed by atoms with Crippen molar-refractivity contribution >= 4 is 46.3 Å². The van der Waals surface area contributed by atoms with E-state index in [4.69, 9.17) is 23.2 Å². The molecule has 0 unspecified atom stereocenters. The molecule has 0 saturated heterocycles. The lowest BCUT2D eigenvalue weighted by Gasteiger charge is -2.22. The monoisotopic (exact) mass is 367 g/mol. The van der Waals surface area contributed by atoms with E-state index >= 15 is 0 Å². The largest absolute Gasteiger partial charge is 0.326 e. The molecule has 0 heterocycles. The molecule has 24 heavy (non-hydrogen) atoms. The molecule has 0 aromatic heterocycles. The average molecular weight is 368 g/mol. The smallest absolute Gasteiger partial charge is 0.306 e. The number of nitrogens with zero attached hydrogens (tertiary/aromatic N) is 2. The van der Waals surface area contributed by atoms with E-state index in [1.807, 2.05) is 19.9 Å². The SMILES string of the molecule is CCN(C(=O)Nc1ccc([N+](=O)[O-])cc1Cl)c1ccc(C)c(Cl)c1. The first kappa shape index (κ1) is 18.0. The summed E-state index contributed by atoms with van der Waals surface area (Å²) >= 11 is 12.1. The highest BCUT2D eigenvalue weighted by molar-refractivity contribution is 6.34. The van der Waals surface area contributed by atoms with E-state index in [1.54, 1.807) is 12.1 Å². The predicted molar refractivity (Wildman–Crippen MR) is 96.3 cm³/mol. The molecular formula is C16H15Cl2N3O3. The first-order valence-electron chi connectivity index (χ1n) is 7.12. The molecule has 0 aliphatic rings. The van der Waals surface area contributed by atoms with Gasteiger partial charge < -0.3 is 5.32 Å². The highest BCUT2D eigenvalue weighted by Crippen LogP contribution is 2.28. The van der Waals surface area contributed by atoms with Gasteiger partial charge in [-0.15, -0.1) is 0 Å². The van der Waals surface area contributed by atoms with Crippen molar-refractivity contribution in [2.45, 2.75) is 13.8 Å². The molecule has 0 atom stereocenters. The van der Waals surface area contributed by atoms with Crippen molar-refractivity contribution in [3.05, 3.63) is 62.1 Å². The molecule has 6 nitrogen and oxygen atoms in total. The fourth-order valence-corrected chi connectivity index (χ4v) is 2.49. The van der Waals surface area contributed by atoms with Crippen molar-refractivity contribution in [3.63, 3.8) is 0 Å². The van der Waals surface area contributed by atoms with Crippen molar-refractivity contribution in [2.75, 3.05) is 16.8 Å². The van der Waals surface area contributed by atoms with E-state index in [0.717, 1.165) is 5.56 Å². The number of hydrogen-bond donors (Lipinski definition) is 1. The van der Waals surface area contributed by atoms with Crippen LogP contribution in [0.5, 0.6) is 0 Å². The molecule has 126 valence electrons. The van der Waals surface area contributed by atoms with Crippen LogP contribution < -0.4 is 10.2 Å². The number of carbonyl (C=O) groups excluding carboxylic acids is 1. The summed E-state index contributed by atoms with van der Waals surface area (Å²) in [5.74, 6) is 0. The number of urea groups is 1. The lowest BCUT2D eigenvalue weighted by atomic mass is 10.2. The molecule has 0 spiro atoms. The fourth-order valence-electron chi connectivity index (χ4n) is 2.09. The number of halogens is 2. The number of hydrogen-bond acceptors (Lipinski definition) is 3. The highest BCUT2D eigenvalue weighted by atomic mass is 35.5. The molecule has 1 N–H and O–H groups in total. The van der Waals surface area contributed by atoms with Gasteiger partial charge in [-0.25, -0.2) is 4.79 Å². The van der Waals surface area contributed by atoms with Gasteiger partial charge in [0, 0.05) is 29.4 Å². The number of anilines is 2. The zero-order valence-corrected chi connectivity index (χ0v) is 14.6. The Morgan fingerprint density at radius 2 is 1.92 bits per heavy atom. The number of nitrogens with one attached hydrogen (secondary N) is 1. The van der Waals surface area contributed by atoms with Gasteiger partial charge >= 0.3 is 6.03 Å². The third kappa shape index (κ3) is 3.96. The van der Waals surface area contributed by atoms with Gasteiger partial charge in [0.15, 0.2) is 0 Å². The molecule has 2 aromatic carbocycles. The summed E-state index contributed by atoms with van der Waals surface area (Å²) < 4.78 is 0. The van der Waals surface area contributed by atoms with Crippen molar-refractivity contribution in [3.8, 4) is 0 Å². The van der Waals surface area contributed by atoms with Crippen LogP contribution in [0.1, 0.15) is 12.5 Å². The molecule has 0 aliphatic carbocycles. The number of rotatable bonds is 4. The topological polar surface area (TPSA) is 75.5 Å². The fraction of sp³-hybridized carbons (Fsp3) is 0.188. The van der Waals surface area contributed by atoms with Crippen molar-refractivity contribution in [1.29, 1.82) is 0 Å². The molecular weight excluding hydrogens is 353 g/mol. The summed E-state index contributed by atoms with van der Waals surface area (Å²) in [4.78, 5) is 24.2. The van der Waals surface area contributed by atoms with Crippen molar-refractivity contribution < 1.29 is 9.72 Å². The second kappa shape index (κ2) is 7.51. The highest BCUT2D eigenvalue weighted by Gasteiger charge is 2.17. The van der Waals surface area contributed by atoms with Crippen LogP contribution in [0, 0.1) is 17.0 Å². The summed E-state index contributed by atoms with van der Waals surface area (Å²) in [5.41, 5.74) is 1.71. The van der Waals surface area contributed by atoms with Crippen LogP contribution in [-0.2, 0) is 0 Å². The average Bonchev–Trinajstić information content (AvgIpc) is 2.53.